The quantitative estimate of drug-likeness (QED) is 0.489. The van der Waals surface area contributed by atoms with Crippen LogP contribution in [0.25, 0.3) is 0 Å². The Kier molecular flexibility index (Phi) is 14.1. The van der Waals surface area contributed by atoms with Crippen molar-refractivity contribution >= 4 is 68.2 Å². The van der Waals surface area contributed by atoms with Gasteiger partial charge in [-0.3, -0.25) is 0 Å². The summed E-state index contributed by atoms with van der Waals surface area (Å²) in [5.74, 6) is 0. The first kappa shape index (κ1) is 20.2. The Morgan fingerprint density at radius 1 is 0.765 bits per heavy atom. The van der Waals surface area contributed by atoms with Crippen LogP contribution in [0.4, 0.5) is 0 Å². The van der Waals surface area contributed by atoms with E-state index in [-0.39, 0.29) is 13.5 Å². The second-order valence-electron chi connectivity index (χ2n) is 3.90. The molecule has 1 rings (SSSR count). The van der Waals surface area contributed by atoms with E-state index >= 15 is 0 Å². The Hall–Kier alpha value is 0.830. The van der Waals surface area contributed by atoms with E-state index in [1.165, 1.54) is 47.3 Å². The van der Waals surface area contributed by atoms with E-state index in [0.29, 0.717) is 0 Å². The minimum Gasteiger partial charge on any atom is -0.363 e. The molecule has 0 aromatic heterocycles. The average Bonchev–Trinajstić information content (AvgIpc) is 2.10. The summed E-state index contributed by atoms with van der Waals surface area (Å²) in [5, 5.41) is 0. The van der Waals surface area contributed by atoms with Crippen molar-refractivity contribution in [3.05, 3.63) is 0 Å². The molecule has 0 heterocycles. The smallest absolute Gasteiger partial charge is 0.146 e. The van der Waals surface area contributed by atoms with Crippen LogP contribution >= 0.6 is 59.5 Å². The molecule has 0 radical (unpaired) electrons. The maximum atomic E-state index is 5.07. The summed E-state index contributed by atoms with van der Waals surface area (Å²) in [6.07, 6.45) is 6.00. The van der Waals surface area contributed by atoms with Crippen molar-refractivity contribution in [3.63, 3.8) is 0 Å². The molecule has 0 bridgehead atoms. The zero-order valence-electron chi connectivity index (χ0n) is 10.9. The van der Waals surface area contributed by atoms with Gasteiger partial charge in [0, 0.05) is 28.2 Å². The summed E-state index contributed by atoms with van der Waals surface area (Å²) in [5.41, 5.74) is 0. The summed E-state index contributed by atoms with van der Waals surface area (Å²) in [6.45, 7) is 0. The predicted octanol–water partition coefficient (Wildman–Crippen LogP) is 3.73. The summed E-state index contributed by atoms with van der Waals surface area (Å²) in [4.78, 5) is 3.79. The summed E-state index contributed by atoms with van der Waals surface area (Å²) in [6, 6.07) is 0. The topological polar surface area (TPSA) is 6.48 Å². The highest BCUT2D eigenvalue weighted by molar-refractivity contribution is 8.89. The first-order chi connectivity index (χ1) is 7.45. The normalized spacial score (nSPS) is 12.2. The molecule has 1 fully saturated rings. The lowest BCUT2D eigenvalue weighted by molar-refractivity contribution is 0.504. The minimum atomic E-state index is 0. The van der Waals surface area contributed by atoms with Crippen LogP contribution in [0, 0.1) is 0 Å². The monoisotopic (exact) mass is 330 g/mol. The number of hydrogen-bond acceptors (Lipinski definition) is 4. The number of thiocarbonyl (C=S) groups is 2. The van der Waals surface area contributed by atoms with Crippen LogP contribution in [-0.4, -0.2) is 46.6 Å². The molecule has 0 aromatic rings. The zero-order chi connectivity index (χ0) is 12.6. The molecule has 0 unspecified atom stereocenters. The first-order valence-corrected chi connectivity index (χ1v) is 8.19. The fourth-order valence-corrected chi connectivity index (χ4v) is 2.85. The molecule has 2 nitrogen and oxygen atoms in total. The van der Waals surface area contributed by atoms with Crippen LogP contribution in [0.15, 0.2) is 0 Å². The highest BCUT2D eigenvalue weighted by atomic mass is 33.1. The van der Waals surface area contributed by atoms with Crippen LogP contribution in [0.2, 0.25) is 0 Å². The van der Waals surface area contributed by atoms with Gasteiger partial charge in [-0.15, -0.1) is 0 Å². The third kappa shape index (κ3) is 11.6. The van der Waals surface area contributed by atoms with Gasteiger partial charge >= 0.3 is 0 Å². The molecule has 0 amide bonds. The van der Waals surface area contributed by atoms with E-state index in [0.717, 1.165) is 8.64 Å². The van der Waals surface area contributed by atoms with Crippen molar-refractivity contribution < 1.29 is 0 Å². The fourth-order valence-electron chi connectivity index (χ4n) is 0.470. The van der Waals surface area contributed by atoms with E-state index in [2.05, 4.69) is 0 Å². The highest BCUT2D eigenvalue weighted by Crippen LogP contribution is 2.26. The molecule has 0 saturated heterocycles. The Labute approximate surface area is 131 Å². The molecule has 1 saturated carbocycles. The third-order valence-corrected chi connectivity index (χ3v) is 6.07. The average molecular weight is 331 g/mol. The summed E-state index contributed by atoms with van der Waals surface area (Å²) >= 11 is 10.1. The molecular weight excluding hydrogens is 308 g/mol. The van der Waals surface area contributed by atoms with Crippen molar-refractivity contribution in [2.24, 2.45) is 0 Å². The van der Waals surface area contributed by atoms with Crippen LogP contribution in [-0.2, 0) is 0 Å². The Morgan fingerprint density at radius 3 is 1.12 bits per heavy atom. The van der Waals surface area contributed by atoms with Crippen molar-refractivity contribution in [2.75, 3.05) is 28.2 Å². The van der Waals surface area contributed by atoms with Gasteiger partial charge in [-0.05, 0) is 21.6 Å². The molecule has 0 aromatic carbocycles. The Bertz CT molecular complexity index is 203. The molecule has 0 N–H and O–H groups in total. The van der Waals surface area contributed by atoms with Gasteiger partial charge in [0.1, 0.15) is 8.64 Å². The molecule has 102 valence electrons. The molecule has 1 aliphatic rings. The number of nitrogens with zero attached hydrogens (tertiary/aromatic N) is 2. The largest absolute Gasteiger partial charge is 0.363 e. The van der Waals surface area contributed by atoms with Crippen molar-refractivity contribution in [1.82, 2.24) is 9.80 Å². The van der Waals surface area contributed by atoms with E-state index in [4.69, 9.17) is 24.4 Å². The van der Waals surface area contributed by atoms with E-state index < -0.39 is 0 Å². The van der Waals surface area contributed by atoms with Gasteiger partial charge in [0.05, 0.1) is 0 Å². The molecule has 0 spiro atoms. The summed E-state index contributed by atoms with van der Waals surface area (Å²) in [7, 11) is 10.7. The van der Waals surface area contributed by atoms with Gasteiger partial charge in [-0.2, -0.15) is 13.5 Å². The van der Waals surface area contributed by atoms with Crippen LogP contribution in [0.3, 0.4) is 0 Å². The van der Waals surface area contributed by atoms with E-state index in [1.54, 1.807) is 0 Å². The van der Waals surface area contributed by atoms with Gasteiger partial charge < -0.3 is 9.80 Å². The lowest BCUT2D eigenvalue weighted by Crippen LogP contribution is -2.18. The molecule has 1 aliphatic carbocycles. The van der Waals surface area contributed by atoms with Crippen molar-refractivity contribution in [1.29, 1.82) is 0 Å². The lowest BCUT2D eigenvalue weighted by atomic mass is 10.0. The van der Waals surface area contributed by atoms with Crippen LogP contribution < -0.4 is 0 Å². The standard InChI is InChI=1S/C6H12N2S4.C4H8.H2S/c1-7(2)5(9)11-12-6(10)8(3)4;1-2-4-3-1;/h1-4H3;1-4H2;1H2. The van der Waals surface area contributed by atoms with E-state index in [1.807, 2.05) is 38.0 Å². The predicted molar refractivity (Wildman–Crippen MR) is 96.6 cm³/mol. The van der Waals surface area contributed by atoms with Crippen LogP contribution in [0.1, 0.15) is 25.7 Å². The highest BCUT2D eigenvalue weighted by Gasteiger charge is 2.04. The zero-order valence-corrected chi connectivity index (χ0v) is 15.1. The second kappa shape index (κ2) is 11.9. The SMILES string of the molecule is C1CCC1.CN(C)C(=S)SSC(=S)N(C)C.S. The van der Waals surface area contributed by atoms with Gasteiger partial charge in [-0.25, -0.2) is 0 Å². The van der Waals surface area contributed by atoms with E-state index in [9.17, 15) is 0 Å². The molecule has 0 atom stereocenters. The van der Waals surface area contributed by atoms with Crippen molar-refractivity contribution in [2.45, 2.75) is 25.7 Å². The molecule has 17 heavy (non-hydrogen) atoms. The Balaban J connectivity index is 0. The van der Waals surface area contributed by atoms with Gasteiger partial charge in [0.15, 0.2) is 0 Å². The first-order valence-electron chi connectivity index (χ1n) is 5.22. The number of rotatable bonds is 0. The fraction of sp³-hybridized carbons (Fsp3) is 0.800. The van der Waals surface area contributed by atoms with Gasteiger partial charge in [-0.1, -0.05) is 50.1 Å². The van der Waals surface area contributed by atoms with Gasteiger partial charge in [0.25, 0.3) is 0 Å². The van der Waals surface area contributed by atoms with Crippen molar-refractivity contribution in [3.8, 4) is 0 Å². The van der Waals surface area contributed by atoms with Crippen LogP contribution in [0.5, 0.6) is 0 Å². The number of hydrogen-bond donors (Lipinski definition) is 0. The maximum Gasteiger partial charge on any atom is 0.146 e. The third-order valence-electron chi connectivity index (χ3n) is 1.91. The molecular formula is C10H22N2S5. The Morgan fingerprint density at radius 2 is 1.00 bits per heavy atom. The molecule has 7 heteroatoms. The van der Waals surface area contributed by atoms with Gasteiger partial charge in [0.2, 0.25) is 0 Å². The maximum absolute atomic E-state index is 5.07. The summed E-state index contributed by atoms with van der Waals surface area (Å²) < 4.78 is 1.67. The second-order valence-corrected chi connectivity index (χ2v) is 7.30. The molecule has 0 aliphatic heterocycles. The lowest BCUT2D eigenvalue weighted by Gasteiger charge is -2.15. The minimum absolute atomic E-state index is 0.